The zero-order chi connectivity index (χ0) is 17.1. The number of aromatic nitrogens is 1. The molecule has 2 aromatic rings. The third-order valence-electron chi connectivity index (χ3n) is 3.98. The Bertz CT molecular complexity index is 734. The summed E-state index contributed by atoms with van der Waals surface area (Å²) in [6.07, 6.45) is 1.36. The Morgan fingerprint density at radius 3 is 3.08 bits per heavy atom. The molecule has 0 unspecified atom stereocenters. The number of halogens is 1. The van der Waals surface area contributed by atoms with E-state index in [0.717, 1.165) is 17.1 Å². The number of carbonyl (C=O) groups is 1. The lowest BCUT2D eigenvalue weighted by Gasteiger charge is -2.27. The summed E-state index contributed by atoms with van der Waals surface area (Å²) in [6.45, 7) is 4.31. The molecule has 7 heteroatoms. The van der Waals surface area contributed by atoms with Crippen molar-refractivity contribution in [3.05, 3.63) is 45.7 Å². The number of aryl methyl sites for hydroxylation is 1. The zero-order valence-electron chi connectivity index (χ0n) is 13.6. The van der Waals surface area contributed by atoms with Crippen molar-refractivity contribution < 1.29 is 13.9 Å². The van der Waals surface area contributed by atoms with E-state index in [1.165, 1.54) is 17.4 Å². The summed E-state index contributed by atoms with van der Waals surface area (Å²) in [6, 6.07) is 4.10. The molecule has 0 radical (unpaired) electrons. The summed E-state index contributed by atoms with van der Waals surface area (Å²) in [5.41, 5.74) is 1.62. The normalized spacial score (nSPS) is 17.5. The maximum atomic E-state index is 13.8. The molecule has 0 saturated heterocycles. The molecule has 0 saturated carbocycles. The van der Waals surface area contributed by atoms with Gasteiger partial charge in [0.05, 0.1) is 18.7 Å². The number of nitrogens with zero attached hydrogens (tertiary/aromatic N) is 1. The predicted molar refractivity (Wildman–Crippen MR) is 90.8 cm³/mol. The highest BCUT2D eigenvalue weighted by Gasteiger charge is 2.26. The lowest BCUT2D eigenvalue weighted by atomic mass is 10.0. The van der Waals surface area contributed by atoms with Crippen LogP contribution in [0.4, 0.5) is 9.18 Å². The summed E-state index contributed by atoms with van der Waals surface area (Å²) in [4.78, 5) is 16.8. The molecule has 128 valence electrons. The van der Waals surface area contributed by atoms with Crippen molar-refractivity contribution in [2.75, 3.05) is 6.61 Å². The van der Waals surface area contributed by atoms with E-state index in [9.17, 15) is 9.18 Å². The van der Waals surface area contributed by atoms with Crippen LogP contribution in [0.2, 0.25) is 0 Å². The first kappa shape index (κ1) is 16.7. The summed E-state index contributed by atoms with van der Waals surface area (Å²) in [5.74, 6) is -0.166. The van der Waals surface area contributed by atoms with E-state index in [-0.39, 0.29) is 23.9 Å². The molecule has 1 aromatic heterocycles. The van der Waals surface area contributed by atoms with Crippen LogP contribution in [0.1, 0.15) is 48.1 Å². The number of rotatable bonds is 4. The van der Waals surface area contributed by atoms with E-state index in [4.69, 9.17) is 4.74 Å². The van der Waals surface area contributed by atoms with Crippen molar-refractivity contribution >= 4 is 17.4 Å². The minimum atomic E-state index is -0.399. The summed E-state index contributed by atoms with van der Waals surface area (Å²) >= 11 is 1.54. The van der Waals surface area contributed by atoms with Crippen LogP contribution in [0.5, 0.6) is 5.75 Å². The van der Waals surface area contributed by atoms with E-state index in [2.05, 4.69) is 15.6 Å². The first-order valence-corrected chi connectivity index (χ1v) is 8.86. The molecule has 1 aliphatic rings. The Morgan fingerprint density at radius 2 is 2.38 bits per heavy atom. The van der Waals surface area contributed by atoms with Gasteiger partial charge in [-0.15, -0.1) is 11.3 Å². The number of hydrogen-bond donors (Lipinski definition) is 2. The van der Waals surface area contributed by atoms with E-state index in [1.54, 1.807) is 12.1 Å². The zero-order valence-corrected chi connectivity index (χ0v) is 14.5. The monoisotopic (exact) mass is 349 g/mol. The van der Waals surface area contributed by atoms with Gasteiger partial charge in [0.2, 0.25) is 0 Å². The maximum Gasteiger partial charge on any atom is 0.315 e. The summed E-state index contributed by atoms with van der Waals surface area (Å²) in [7, 11) is 0. The number of hydrogen-bond acceptors (Lipinski definition) is 4. The van der Waals surface area contributed by atoms with Gasteiger partial charge in [-0.1, -0.05) is 19.1 Å². The van der Waals surface area contributed by atoms with Gasteiger partial charge in [-0.25, -0.2) is 14.2 Å². The molecule has 24 heavy (non-hydrogen) atoms. The van der Waals surface area contributed by atoms with Crippen LogP contribution in [0.3, 0.4) is 0 Å². The van der Waals surface area contributed by atoms with Crippen LogP contribution < -0.4 is 15.4 Å². The number of ether oxygens (including phenoxy) is 1. The van der Waals surface area contributed by atoms with Crippen LogP contribution >= 0.6 is 11.3 Å². The molecule has 3 rings (SSSR count). The van der Waals surface area contributed by atoms with Gasteiger partial charge in [-0.05, 0) is 19.4 Å². The molecule has 1 aromatic carbocycles. The first-order valence-electron chi connectivity index (χ1n) is 7.98. The molecular weight excluding hydrogens is 329 g/mol. The largest absolute Gasteiger partial charge is 0.490 e. The number of carbonyl (C=O) groups excluding carboxylic acids is 1. The van der Waals surface area contributed by atoms with Crippen molar-refractivity contribution in [3.63, 3.8) is 0 Å². The lowest BCUT2D eigenvalue weighted by molar-refractivity contribution is 0.216. The molecule has 2 atom stereocenters. The van der Waals surface area contributed by atoms with Crippen LogP contribution in [-0.2, 0) is 0 Å². The number of benzene rings is 1. The molecule has 2 heterocycles. The highest BCUT2D eigenvalue weighted by Crippen LogP contribution is 2.34. The number of para-hydroxylation sites is 1. The van der Waals surface area contributed by atoms with Gasteiger partial charge in [0.25, 0.3) is 0 Å². The van der Waals surface area contributed by atoms with Crippen molar-refractivity contribution in [1.29, 1.82) is 0 Å². The molecule has 0 fully saturated rings. The number of amides is 2. The van der Waals surface area contributed by atoms with E-state index in [1.807, 2.05) is 19.2 Å². The van der Waals surface area contributed by atoms with Crippen LogP contribution in [0, 0.1) is 12.7 Å². The fourth-order valence-corrected chi connectivity index (χ4v) is 3.70. The van der Waals surface area contributed by atoms with E-state index < -0.39 is 5.82 Å². The average molecular weight is 349 g/mol. The lowest BCUT2D eigenvalue weighted by Crippen LogP contribution is -2.41. The SMILES string of the molecule is CC[C@H](NC(=O)N[C@H]1CCOc2c(F)cccc21)c1nc(C)cs1. The average Bonchev–Trinajstić information content (AvgIpc) is 3.00. The maximum absolute atomic E-state index is 13.8. The third-order valence-corrected chi connectivity index (χ3v) is 5.06. The van der Waals surface area contributed by atoms with Crippen molar-refractivity contribution in [2.45, 2.75) is 38.8 Å². The topological polar surface area (TPSA) is 63.2 Å². The standard InChI is InChI=1S/C17H20FN3O2S/c1-3-13(16-19-10(2)9-24-16)20-17(22)21-14-7-8-23-15-11(14)5-4-6-12(15)18/h4-6,9,13-14H,3,7-8H2,1-2H3,(H2,20,21,22)/t13-,14-/m0/s1. The fraction of sp³-hybridized carbons (Fsp3) is 0.412. The van der Waals surface area contributed by atoms with E-state index in [0.29, 0.717) is 18.6 Å². The van der Waals surface area contributed by atoms with Crippen LogP contribution in [0.25, 0.3) is 0 Å². The molecule has 0 bridgehead atoms. The Labute approximate surface area is 144 Å². The first-order chi connectivity index (χ1) is 11.6. The molecule has 0 spiro atoms. The molecule has 2 amide bonds. The van der Waals surface area contributed by atoms with Gasteiger partial charge in [0.15, 0.2) is 11.6 Å². The van der Waals surface area contributed by atoms with Gasteiger partial charge in [-0.2, -0.15) is 0 Å². The molecule has 2 N–H and O–H groups in total. The fourth-order valence-electron chi connectivity index (χ4n) is 2.77. The minimum absolute atomic E-state index is 0.129. The molecule has 1 aliphatic heterocycles. The van der Waals surface area contributed by atoms with Crippen LogP contribution in [0.15, 0.2) is 23.6 Å². The smallest absolute Gasteiger partial charge is 0.315 e. The Balaban J connectivity index is 1.68. The summed E-state index contributed by atoms with van der Waals surface area (Å²) in [5, 5.41) is 8.74. The van der Waals surface area contributed by atoms with Crippen molar-refractivity contribution in [1.82, 2.24) is 15.6 Å². The van der Waals surface area contributed by atoms with Crippen molar-refractivity contribution in [2.24, 2.45) is 0 Å². The number of thiazole rings is 1. The second-order valence-corrected chi connectivity index (χ2v) is 6.64. The highest BCUT2D eigenvalue weighted by atomic mass is 32.1. The minimum Gasteiger partial charge on any atom is -0.490 e. The Morgan fingerprint density at radius 1 is 1.54 bits per heavy atom. The number of urea groups is 1. The van der Waals surface area contributed by atoms with Gasteiger partial charge < -0.3 is 15.4 Å². The molecule has 5 nitrogen and oxygen atoms in total. The Kier molecular flexibility index (Phi) is 4.99. The second kappa shape index (κ2) is 7.17. The number of nitrogens with one attached hydrogen (secondary N) is 2. The molecule has 0 aliphatic carbocycles. The Hall–Kier alpha value is -2.15. The van der Waals surface area contributed by atoms with Gasteiger partial charge in [0.1, 0.15) is 5.01 Å². The summed E-state index contributed by atoms with van der Waals surface area (Å²) < 4.78 is 19.2. The van der Waals surface area contributed by atoms with E-state index >= 15 is 0 Å². The third kappa shape index (κ3) is 3.51. The predicted octanol–water partition coefficient (Wildman–Crippen LogP) is 3.86. The highest BCUT2D eigenvalue weighted by molar-refractivity contribution is 7.09. The quantitative estimate of drug-likeness (QED) is 0.881. The van der Waals surface area contributed by atoms with Crippen molar-refractivity contribution in [3.8, 4) is 5.75 Å². The van der Waals surface area contributed by atoms with Crippen LogP contribution in [-0.4, -0.2) is 17.6 Å². The second-order valence-electron chi connectivity index (χ2n) is 5.75. The molecular formula is C17H20FN3O2S. The number of fused-ring (bicyclic) bond motifs is 1. The van der Waals surface area contributed by atoms with Gasteiger partial charge >= 0.3 is 6.03 Å². The van der Waals surface area contributed by atoms with Gasteiger partial charge in [0, 0.05) is 23.1 Å². The van der Waals surface area contributed by atoms with Gasteiger partial charge in [-0.3, -0.25) is 0 Å².